The van der Waals surface area contributed by atoms with E-state index in [1.807, 2.05) is 82.5 Å². The number of carbonyl (C=O) groups is 2. The maximum atomic E-state index is 12.5. The summed E-state index contributed by atoms with van der Waals surface area (Å²) in [6.45, 7) is 13.4. The minimum atomic E-state index is -1.02. The second-order valence-corrected chi connectivity index (χ2v) is 8.55. The van der Waals surface area contributed by atoms with Gasteiger partial charge in [-0.2, -0.15) is 5.26 Å². The number of nitrogens with one attached hydrogen (secondary N) is 1. The van der Waals surface area contributed by atoms with E-state index in [2.05, 4.69) is 5.32 Å². The summed E-state index contributed by atoms with van der Waals surface area (Å²) in [6.07, 6.45) is 0.471. The Kier molecular flexibility index (Phi) is 7.87. The van der Waals surface area contributed by atoms with Crippen molar-refractivity contribution in [2.45, 2.75) is 60.1 Å². The first-order chi connectivity index (χ1) is 15.0. The summed E-state index contributed by atoms with van der Waals surface area (Å²) in [6, 6.07) is 11.5. The molecule has 0 aliphatic heterocycles. The van der Waals surface area contributed by atoms with Crippen molar-refractivity contribution in [3.8, 4) is 17.5 Å². The molecule has 1 aromatic heterocycles. The summed E-state index contributed by atoms with van der Waals surface area (Å²) in [5.41, 5.74) is 2.84. The highest BCUT2D eigenvalue weighted by molar-refractivity contribution is 5.99. The fraction of sp³-hybridized carbons (Fsp3) is 0.400. The van der Waals surface area contributed by atoms with Gasteiger partial charge in [-0.05, 0) is 90.4 Å². The van der Waals surface area contributed by atoms with Crippen LogP contribution in [0.15, 0.2) is 35.9 Å². The molecule has 32 heavy (non-hydrogen) atoms. The number of ether oxygens (including phenoxy) is 2. The maximum absolute atomic E-state index is 12.5. The van der Waals surface area contributed by atoms with Crippen LogP contribution in [0.1, 0.15) is 51.6 Å². The highest BCUT2D eigenvalue weighted by Crippen LogP contribution is 2.24. The summed E-state index contributed by atoms with van der Waals surface area (Å²) in [5.74, 6) is -0.468. The predicted octanol–water partition coefficient (Wildman–Crippen LogP) is 4.25. The van der Waals surface area contributed by atoms with Gasteiger partial charge in [-0.1, -0.05) is 0 Å². The molecule has 1 atom stereocenters. The zero-order valence-electron chi connectivity index (χ0n) is 19.8. The quantitative estimate of drug-likeness (QED) is 0.397. The molecular weight excluding hydrogens is 406 g/mol. The van der Waals surface area contributed by atoms with Crippen molar-refractivity contribution in [2.75, 3.05) is 6.61 Å². The molecule has 1 heterocycles. The largest absolute Gasteiger partial charge is 0.494 e. The Labute approximate surface area is 189 Å². The molecule has 1 aromatic carbocycles. The molecular formula is C25H31N3O4. The van der Waals surface area contributed by atoms with Gasteiger partial charge >= 0.3 is 5.97 Å². The second kappa shape index (κ2) is 10.2. The molecule has 7 nitrogen and oxygen atoms in total. The standard InChI is InChI=1S/C25H31N3O4/c1-8-31-22-11-9-21(10-12-22)28-16(2)13-19(17(28)3)14-20(15-26)24(30)32-18(4)23(29)27-25(5,6)7/h9-14,18H,8H2,1-7H3,(H,27,29)/b20-14+. The van der Waals surface area contributed by atoms with E-state index in [0.717, 1.165) is 28.4 Å². The Morgan fingerprint density at radius 1 is 1.22 bits per heavy atom. The Hall–Kier alpha value is -3.53. The smallest absolute Gasteiger partial charge is 0.349 e. The van der Waals surface area contributed by atoms with Crippen LogP contribution in [0.4, 0.5) is 0 Å². The van der Waals surface area contributed by atoms with Crippen molar-refractivity contribution in [1.82, 2.24) is 9.88 Å². The fourth-order valence-corrected chi connectivity index (χ4v) is 3.23. The Morgan fingerprint density at radius 3 is 2.38 bits per heavy atom. The molecule has 170 valence electrons. The molecule has 0 aliphatic carbocycles. The van der Waals surface area contributed by atoms with Crippen molar-refractivity contribution >= 4 is 18.0 Å². The molecule has 0 spiro atoms. The number of esters is 1. The van der Waals surface area contributed by atoms with Crippen LogP contribution in [0.5, 0.6) is 5.75 Å². The number of benzene rings is 1. The minimum Gasteiger partial charge on any atom is -0.494 e. The van der Waals surface area contributed by atoms with E-state index in [1.165, 1.54) is 13.0 Å². The molecule has 0 radical (unpaired) electrons. The number of rotatable bonds is 7. The van der Waals surface area contributed by atoms with Crippen LogP contribution < -0.4 is 10.1 Å². The lowest BCUT2D eigenvalue weighted by Crippen LogP contribution is -2.46. The molecule has 7 heteroatoms. The molecule has 0 fully saturated rings. The van der Waals surface area contributed by atoms with Crippen molar-refractivity contribution in [1.29, 1.82) is 5.26 Å². The molecule has 2 rings (SSSR count). The Bertz CT molecular complexity index is 1050. The minimum absolute atomic E-state index is 0.174. The van der Waals surface area contributed by atoms with Crippen molar-refractivity contribution in [3.05, 3.63) is 52.9 Å². The predicted molar refractivity (Wildman–Crippen MR) is 123 cm³/mol. The van der Waals surface area contributed by atoms with E-state index in [-0.39, 0.29) is 5.57 Å². The van der Waals surface area contributed by atoms with E-state index in [1.54, 1.807) is 0 Å². The average Bonchev–Trinajstić information content (AvgIpc) is 2.98. The third-order valence-corrected chi connectivity index (χ3v) is 4.67. The summed E-state index contributed by atoms with van der Waals surface area (Å²) < 4.78 is 12.7. The van der Waals surface area contributed by atoms with E-state index in [4.69, 9.17) is 9.47 Å². The SMILES string of the molecule is CCOc1ccc(-n2c(C)cc(/C=C(\C#N)C(=O)OC(C)C(=O)NC(C)(C)C)c2C)cc1. The van der Waals surface area contributed by atoms with E-state index in [0.29, 0.717) is 6.61 Å². The molecule has 0 aliphatic rings. The first kappa shape index (κ1) is 24.7. The number of nitriles is 1. The molecule has 1 N–H and O–H groups in total. The monoisotopic (exact) mass is 437 g/mol. The third-order valence-electron chi connectivity index (χ3n) is 4.67. The number of nitrogens with zero attached hydrogens (tertiary/aromatic N) is 2. The molecule has 0 saturated carbocycles. The van der Waals surface area contributed by atoms with Crippen LogP contribution in [0.2, 0.25) is 0 Å². The van der Waals surface area contributed by atoms with Gasteiger partial charge in [-0.15, -0.1) is 0 Å². The van der Waals surface area contributed by atoms with Gasteiger partial charge in [0.2, 0.25) is 0 Å². The first-order valence-corrected chi connectivity index (χ1v) is 10.5. The number of hydrogen-bond acceptors (Lipinski definition) is 5. The van der Waals surface area contributed by atoms with E-state index >= 15 is 0 Å². The normalized spacial score (nSPS) is 12.6. The van der Waals surface area contributed by atoms with Gasteiger partial charge in [-0.3, -0.25) is 4.79 Å². The Morgan fingerprint density at radius 2 is 1.84 bits per heavy atom. The van der Waals surface area contributed by atoms with Crippen molar-refractivity contribution in [2.24, 2.45) is 0 Å². The van der Waals surface area contributed by atoms with Gasteiger partial charge in [-0.25, -0.2) is 4.79 Å². The Balaban J connectivity index is 2.26. The van der Waals surface area contributed by atoms with Crippen LogP contribution >= 0.6 is 0 Å². The molecule has 1 unspecified atom stereocenters. The highest BCUT2D eigenvalue weighted by Gasteiger charge is 2.24. The van der Waals surface area contributed by atoms with Gasteiger partial charge in [0, 0.05) is 22.6 Å². The number of aromatic nitrogens is 1. The lowest BCUT2D eigenvalue weighted by molar-refractivity contribution is -0.151. The summed E-state index contributed by atoms with van der Waals surface area (Å²) in [5, 5.41) is 12.3. The second-order valence-electron chi connectivity index (χ2n) is 8.55. The number of carbonyl (C=O) groups excluding carboxylic acids is 2. The van der Waals surface area contributed by atoms with E-state index < -0.39 is 23.5 Å². The van der Waals surface area contributed by atoms with Gasteiger partial charge in [0.25, 0.3) is 5.91 Å². The van der Waals surface area contributed by atoms with Crippen molar-refractivity contribution < 1.29 is 19.1 Å². The molecule has 0 bridgehead atoms. The first-order valence-electron chi connectivity index (χ1n) is 10.5. The summed E-state index contributed by atoms with van der Waals surface area (Å²) >= 11 is 0. The zero-order chi connectivity index (χ0) is 24.1. The number of amides is 1. The van der Waals surface area contributed by atoms with Gasteiger partial charge in [0.05, 0.1) is 6.61 Å². The van der Waals surface area contributed by atoms with Crippen LogP contribution in [-0.4, -0.2) is 34.7 Å². The molecule has 0 saturated heterocycles. The van der Waals surface area contributed by atoms with Crippen LogP contribution in [0.3, 0.4) is 0 Å². The van der Waals surface area contributed by atoms with Gasteiger partial charge in [0.15, 0.2) is 6.10 Å². The molecule has 2 aromatic rings. The van der Waals surface area contributed by atoms with Gasteiger partial charge in [0.1, 0.15) is 17.4 Å². The average molecular weight is 438 g/mol. The fourth-order valence-electron chi connectivity index (χ4n) is 3.23. The lowest BCUT2D eigenvalue weighted by Gasteiger charge is -2.23. The highest BCUT2D eigenvalue weighted by atomic mass is 16.5. The van der Waals surface area contributed by atoms with Crippen LogP contribution in [0.25, 0.3) is 11.8 Å². The lowest BCUT2D eigenvalue weighted by atomic mass is 10.1. The maximum Gasteiger partial charge on any atom is 0.349 e. The molecule has 1 amide bonds. The number of hydrogen-bond donors (Lipinski definition) is 1. The van der Waals surface area contributed by atoms with Crippen LogP contribution in [0, 0.1) is 25.2 Å². The summed E-state index contributed by atoms with van der Waals surface area (Å²) in [4.78, 5) is 24.7. The van der Waals surface area contributed by atoms with Crippen LogP contribution in [-0.2, 0) is 14.3 Å². The number of aryl methyl sites for hydroxylation is 1. The van der Waals surface area contributed by atoms with E-state index in [9.17, 15) is 14.9 Å². The van der Waals surface area contributed by atoms with Gasteiger partial charge < -0.3 is 19.4 Å². The van der Waals surface area contributed by atoms with Crippen molar-refractivity contribution in [3.63, 3.8) is 0 Å². The zero-order valence-corrected chi connectivity index (χ0v) is 19.8. The summed E-state index contributed by atoms with van der Waals surface area (Å²) in [7, 11) is 0. The third kappa shape index (κ3) is 6.24. The topological polar surface area (TPSA) is 93.3 Å².